The van der Waals surface area contributed by atoms with Crippen LogP contribution in [0, 0.1) is 12.8 Å². The van der Waals surface area contributed by atoms with Crippen molar-refractivity contribution in [1.82, 2.24) is 9.97 Å². The molecule has 1 atom stereocenters. The van der Waals surface area contributed by atoms with Gasteiger partial charge in [-0.2, -0.15) is 0 Å². The van der Waals surface area contributed by atoms with E-state index >= 15 is 0 Å². The van der Waals surface area contributed by atoms with Crippen molar-refractivity contribution in [3.63, 3.8) is 0 Å². The Bertz CT molecular complexity index is 317. The molecule has 0 aliphatic heterocycles. The van der Waals surface area contributed by atoms with E-state index in [-0.39, 0.29) is 0 Å². The van der Waals surface area contributed by atoms with Gasteiger partial charge in [-0.05, 0) is 35.7 Å². The first-order valence-corrected chi connectivity index (χ1v) is 6.63. The lowest BCUT2D eigenvalue weighted by atomic mass is 9.95. The normalized spacial score (nSPS) is 12.9. The van der Waals surface area contributed by atoms with Gasteiger partial charge in [0.25, 0.3) is 0 Å². The zero-order chi connectivity index (χ0) is 12.1. The molecule has 0 aromatic carbocycles. The molecule has 0 radical (unpaired) electrons. The van der Waals surface area contributed by atoms with E-state index in [9.17, 15) is 0 Å². The molecule has 1 unspecified atom stereocenters. The summed E-state index contributed by atoms with van der Waals surface area (Å²) in [6.45, 7) is 8.57. The van der Waals surface area contributed by atoms with Gasteiger partial charge in [0.15, 0.2) is 0 Å². The standard InChI is InChI=1S/C12H20BrN3/c1-5-10(6-2)8(3)14-12-7-11(13)15-9(4)16-12/h7-8,10H,5-6H2,1-4H3,(H,14,15,16). The van der Waals surface area contributed by atoms with Crippen molar-refractivity contribution in [2.24, 2.45) is 5.92 Å². The summed E-state index contributed by atoms with van der Waals surface area (Å²) in [5.41, 5.74) is 0. The number of halogens is 1. The second-order valence-corrected chi connectivity index (χ2v) is 4.95. The summed E-state index contributed by atoms with van der Waals surface area (Å²) in [4.78, 5) is 8.57. The molecule has 1 rings (SSSR count). The second kappa shape index (κ2) is 6.18. The van der Waals surface area contributed by atoms with Crippen LogP contribution in [0.3, 0.4) is 0 Å². The number of aryl methyl sites for hydroxylation is 1. The summed E-state index contributed by atoms with van der Waals surface area (Å²) < 4.78 is 0.833. The first-order valence-electron chi connectivity index (χ1n) is 5.84. The van der Waals surface area contributed by atoms with Gasteiger partial charge in [0.2, 0.25) is 0 Å². The Labute approximate surface area is 106 Å². The Morgan fingerprint density at radius 2 is 1.94 bits per heavy atom. The fourth-order valence-corrected chi connectivity index (χ4v) is 2.43. The highest BCUT2D eigenvalue weighted by Gasteiger charge is 2.13. The molecule has 0 saturated heterocycles. The van der Waals surface area contributed by atoms with Gasteiger partial charge >= 0.3 is 0 Å². The highest BCUT2D eigenvalue weighted by Crippen LogP contribution is 2.18. The van der Waals surface area contributed by atoms with E-state index in [4.69, 9.17) is 0 Å². The number of nitrogens with zero attached hydrogens (tertiary/aromatic N) is 2. The van der Waals surface area contributed by atoms with E-state index in [0.29, 0.717) is 12.0 Å². The monoisotopic (exact) mass is 285 g/mol. The minimum Gasteiger partial charge on any atom is -0.367 e. The van der Waals surface area contributed by atoms with Crippen molar-refractivity contribution in [3.05, 3.63) is 16.5 Å². The topological polar surface area (TPSA) is 37.8 Å². The number of hydrogen-bond donors (Lipinski definition) is 1. The highest BCUT2D eigenvalue weighted by atomic mass is 79.9. The van der Waals surface area contributed by atoms with Gasteiger partial charge in [-0.15, -0.1) is 0 Å². The molecule has 16 heavy (non-hydrogen) atoms. The lowest BCUT2D eigenvalue weighted by molar-refractivity contribution is 0.437. The Morgan fingerprint density at radius 3 is 2.44 bits per heavy atom. The fourth-order valence-electron chi connectivity index (χ4n) is 1.95. The lowest BCUT2D eigenvalue weighted by Gasteiger charge is -2.23. The zero-order valence-corrected chi connectivity index (χ0v) is 12.0. The van der Waals surface area contributed by atoms with Crippen LogP contribution in [0.2, 0.25) is 0 Å². The molecule has 0 aliphatic rings. The van der Waals surface area contributed by atoms with Crippen molar-refractivity contribution in [1.29, 1.82) is 0 Å². The van der Waals surface area contributed by atoms with Crippen molar-refractivity contribution >= 4 is 21.7 Å². The molecule has 0 fully saturated rings. The van der Waals surface area contributed by atoms with Crippen LogP contribution in [0.25, 0.3) is 0 Å². The molecule has 1 aromatic rings. The number of rotatable bonds is 5. The quantitative estimate of drug-likeness (QED) is 0.837. The maximum atomic E-state index is 4.37. The van der Waals surface area contributed by atoms with Crippen LogP contribution in [0.4, 0.5) is 5.82 Å². The summed E-state index contributed by atoms with van der Waals surface area (Å²) in [7, 11) is 0. The van der Waals surface area contributed by atoms with Crippen LogP contribution in [0.15, 0.2) is 10.7 Å². The average molecular weight is 286 g/mol. The number of aromatic nitrogens is 2. The number of anilines is 1. The van der Waals surface area contributed by atoms with Crippen LogP contribution in [0.1, 0.15) is 39.4 Å². The van der Waals surface area contributed by atoms with E-state index in [1.807, 2.05) is 13.0 Å². The molecule has 0 spiro atoms. The molecule has 0 amide bonds. The predicted molar refractivity (Wildman–Crippen MR) is 71.6 cm³/mol. The molecule has 1 heterocycles. The first-order chi connectivity index (χ1) is 7.56. The van der Waals surface area contributed by atoms with Gasteiger partial charge < -0.3 is 5.32 Å². The summed E-state index contributed by atoms with van der Waals surface area (Å²) >= 11 is 3.38. The van der Waals surface area contributed by atoms with Crippen LogP contribution < -0.4 is 5.32 Å². The van der Waals surface area contributed by atoms with Crippen LogP contribution >= 0.6 is 15.9 Å². The van der Waals surface area contributed by atoms with Crippen molar-refractivity contribution in [2.45, 2.75) is 46.6 Å². The van der Waals surface area contributed by atoms with E-state index in [1.165, 1.54) is 12.8 Å². The Kier molecular flexibility index (Phi) is 5.19. The summed E-state index contributed by atoms with van der Waals surface area (Å²) in [5, 5.41) is 3.44. The van der Waals surface area contributed by atoms with Crippen LogP contribution in [0.5, 0.6) is 0 Å². The minimum atomic E-state index is 0.441. The second-order valence-electron chi connectivity index (χ2n) is 4.13. The highest BCUT2D eigenvalue weighted by molar-refractivity contribution is 9.10. The van der Waals surface area contributed by atoms with Crippen molar-refractivity contribution < 1.29 is 0 Å². The van der Waals surface area contributed by atoms with Crippen molar-refractivity contribution in [3.8, 4) is 0 Å². The third kappa shape index (κ3) is 3.74. The minimum absolute atomic E-state index is 0.441. The maximum Gasteiger partial charge on any atom is 0.131 e. The summed E-state index contributed by atoms with van der Waals surface area (Å²) in [6, 6.07) is 2.36. The molecule has 90 valence electrons. The lowest BCUT2D eigenvalue weighted by Crippen LogP contribution is -2.25. The Balaban J connectivity index is 2.72. The van der Waals surface area contributed by atoms with Gasteiger partial charge in [0.1, 0.15) is 16.2 Å². The van der Waals surface area contributed by atoms with E-state index in [0.717, 1.165) is 16.2 Å². The van der Waals surface area contributed by atoms with Crippen molar-refractivity contribution in [2.75, 3.05) is 5.32 Å². The molecule has 4 heteroatoms. The van der Waals surface area contributed by atoms with Gasteiger partial charge in [0, 0.05) is 12.1 Å². The smallest absolute Gasteiger partial charge is 0.131 e. The van der Waals surface area contributed by atoms with E-state index in [2.05, 4.69) is 52.0 Å². The van der Waals surface area contributed by atoms with Gasteiger partial charge in [0.05, 0.1) is 0 Å². The molecule has 0 aliphatic carbocycles. The molecule has 1 N–H and O–H groups in total. The Hall–Kier alpha value is -0.640. The largest absolute Gasteiger partial charge is 0.367 e. The third-order valence-electron chi connectivity index (χ3n) is 2.94. The van der Waals surface area contributed by atoms with Crippen LogP contribution in [-0.2, 0) is 0 Å². The number of hydrogen-bond acceptors (Lipinski definition) is 3. The zero-order valence-electron chi connectivity index (χ0n) is 10.4. The van der Waals surface area contributed by atoms with E-state index < -0.39 is 0 Å². The van der Waals surface area contributed by atoms with Gasteiger partial charge in [-0.1, -0.05) is 26.7 Å². The van der Waals surface area contributed by atoms with Gasteiger partial charge in [-0.3, -0.25) is 0 Å². The molecular formula is C12H20BrN3. The molecule has 1 aromatic heterocycles. The average Bonchev–Trinajstić information content (AvgIpc) is 2.17. The molecule has 0 saturated carbocycles. The third-order valence-corrected chi connectivity index (χ3v) is 3.34. The fraction of sp³-hybridized carbons (Fsp3) is 0.667. The van der Waals surface area contributed by atoms with Gasteiger partial charge in [-0.25, -0.2) is 9.97 Å². The summed E-state index contributed by atoms with van der Waals surface area (Å²) in [6.07, 6.45) is 2.38. The molecular weight excluding hydrogens is 266 g/mol. The van der Waals surface area contributed by atoms with Crippen LogP contribution in [-0.4, -0.2) is 16.0 Å². The molecule has 0 bridgehead atoms. The number of nitrogens with one attached hydrogen (secondary N) is 1. The summed E-state index contributed by atoms with van der Waals surface area (Å²) in [5.74, 6) is 2.38. The predicted octanol–water partition coefficient (Wildman–Crippen LogP) is 3.78. The Morgan fingerprint density at radius 1 is 1.31 bits per heavy atom. The molecule has 3 nitrogen and oxygen atoms in total. The SMILES string of the molecule is CCC(CC)C(C)Nc1cc(Br)nc(C)n1. The first kappa shape index (κ1) is 13.4. The maximum absolute atomic E-state index is 4.37. The van der Waals surface area contributed by atoms with E-state index in [1.54, 1.807) is 0 Å².